The quantitative estimate of drug-likeness (QED) is 0.602. The van der Waals surface area contributed by atoms with Gasteiger partial charge in [-0.3, -0.25) is 4.90 Å². The molecular formula is C21H29N2+. The lowest BCUT2D eigenvalue weighted by Crippen LogP contribution is -2.42. The third-order valence-electron chi connectivity index (χ3n) is 3.96. The first kappa shape index (κ1) is 17.3. The first-order valence-electron chi connectivity index (χ1n) is 8.83. The predicted molar refractivity (Wildman–Crippen MR) is 98.6 cm³/mol. The fourth-order valence-electron chi connectivity index (χ4n) is 2.62. The monoisotopic (exact) mass is 309 g/mol. The molecular weight excluding hydrogens is 280 g/mol. The Balaban J connectivity index is 2.35. The highest BCUT2D eigenvalue weighted by Gasteiger charge is 2.19. The van der Waals surface area contributed by atoms with E-state index in [0.717, 1.165) is 13.1 Å². The van der Waals surface area contributed by atoms with Crippen molar-refractivity contribution < 1.29 is 4.57 Å². The van der Waals surface area contributed by atoms with Crippen LogP contribution in [0.1, 0.15) is 45.1 Å². The number of aromatic nitrogens is 1. The summed E-state index contributed by atoms with van der Waals surface area (Å²) in [6, 6.07) is 16.9. The molecule has 0 saturated heterocycles. The van der Waals surface area contributed by atoms with Crippen molar-refractivity contribution in [1.82, 2.24) is 4.90 Å². The maximum absolute atomic E-state index is 2.53. The van der Waals surface area contributed by atoms with Crippen LogP contribution in [0.25, 0.3) is 11.9 Å². The normalized spacial score (nSPS) is 11.5. The van der Waals surface area contributed by atoms with Gasteiger partial charge in [0.05, 0.1) is 25.5 Å². The highest BCUT2D eigenvalue weighted by molar-refractivity contribution is 5.64. The van der Waals surface area contributed by atoms with E-state index in [0.29, 0.717) is 0 Å². The van der Waals surface area contributed by atoms with Gasteiger partial charge in [0, 0.05) is 6.08 Å². The average molecular weight is 309 g/mol. The first-order chi connectivity index (χ1) is 11.3. The van der Waals surface area contributed by atoms with Gasteiger partial charge < -0.3 is 0 Å². The maximum atomic E-state index is 2.53. The Hall–Kier alpha value is -2.09. The molecule has 0 fully saturated rings. The van der Waals surface area contributed by atoms with E-state index in [1.165, 1.54) is 37.1 Å². The Kier molecular flexibility index (Phi) is 7.38. The second-order valence-electron chi connectivity index (χ2n) is 5.89. The summed E-state index contributed by atoms with van der Waals surface area (Å²) >= 11 is 0. The van der Waals surface area contributed by atoms with Gasteiger partial charge >= 0.3 is 0 Å². The summed E-state index contributed by atoms with van der Waals surface area (Å²) in [4.78, 5) is 2.53. The molecule has 0 aliphatic heterocycles. The summed E-state index contributed by atoms with van der Waals surface area (Å²) in [7, 11) is 0. The summed E-state index contributed by atoms with van der Waals surface area (Å²) in [5, 5.41) is 0. The van der Waals surface area contributed by atoms with Gasteiger partial charge in [-0.15, -0.1) is 0 Å². The minimum Gasteiger partial charge on any atom is -0.261 e. The Morgan fingerprint density at radius 3 is 2.00 bits per heavy atom. The standard InChI is InChI=1S/C21H29N2/c1-3-5-15-22(16-6-4-2)21(23-17-11-8-12-18-23)19-20-13-9-7-10-14-20/h7-14,17-19H,3-6,15-16H2,1-2H3/q+1. The molecule has 0 radical (unpaired) electrons. The molecule has 2 nitrogen and oxygen atoms in total. The molecule has 1 aromatic heterocycles. The fourth-order valence-corrected chi connectivity index (χ4v) is 2.62. The van der Waals surface area contributed by atoms with Crippen molar-refractivity contribution in [2.24, 2.45) is 0 Å². The van der Waals surface area contributed by atoms with E-state index in [4.69, 9.17) is 0 Å². The van der Waals surface area contributed by atoms with Crippen LogP contribution in [0.15, 0.2) is 60.9 Å². The SMILES string of the molecule is CCCCN(CCCC)C(=Cc1ccccc1)[n+]1ccccc1. The van der Waals surface area contributed by atoms with E-state index >= 15 is 0 Å². The zero-order chi connectivity index (χ0) is 16.3. The average Bonchev–Trinajstić information content (AvgIpc) is 2.62. The van der Waals surface area contributed by atoms with Crippen molar-refractivity contribution in [1.29, 1.82) is 0 Å². The summed E-state index contributed by atoms with van der Waals surface area (Å²) < 4.78 is 2.23. The van der Waals surface area contributed by atoms with Gasteiger partial charge in [0.25, 0.3) is 5.82 Å². The molecule has 23 heavy (non-hydrogen) atoms. The van der Waals surface area contributed by atoms with Gasteiger partial charge in [-0.1, -0.05) is 63.1 Å². The lowest BCUT2D eigenvalue weighted by Gasteiger charge is -2.20. The second-order valence-corrected chi connectivity index (χ2v) is 5.89. The molecule has 2 rings (SSSR count). The van der Waals surface area contributed by atoms with E-state index in [9.17, 15) is 0 Å². The van der Waals surface area contributed by atoms with Crippen LogP contribution in [0, 0.1) is 0 Å². The van der Waals surface area contributed by atoms with Crippen molar-refractivity contribution in [3.63, 3.8) is 0 Å². The molecule has 122 valence electrons. The number of rotatable bonds is 9. The molecule has 0 spiro atoms. The predicted octanol–water partition coefficient (Wildman–Crippen LogP) is 4.83. The Labute approximate surface area is 141 Å². The van der Waals surface area contributed by atoms with Crippen LogP contribution in [0.4, 0.5) is 0 Å². The van der Waals surface area contributed by atoms with E-state index in [1.54, 1.807) is 0 Å². The zero-order valence-electron chi connectivity index (χ0n) is 14.5. The highest BCUT2D eigenvalue weighted by atomic mass is 15.3. The second kappa shape index (κ2) is 9.83. The number of benzene rings is 1. The minimum absolute atomic E-state index is 1.11. The van der Waals surface area contributed by atoms with E-state index in [2.05, 4.69) is 90.3 Å². The lowest BCUT2D eigenvalue weighted by molar-refractivity contribution is -0.591. The summed E-state index contributed by atoms with van der Waals surface area (Å²) in [6.07, 6.45) is 11.5. The van der Waals surface area contributed by atoms with Gasteiger partial charge in [0.1, 0.15) is 0 Å². The van der Waals surface area contributed by atoms with Crippen LogP contribution in [-0.4, -0.2) is 18.0 Å². The number of pyridine rings is 1. The van der Waals surface area contributed by atoms with Crippen molar-refractivity contribution in [2.75, 3.05) is 13.1 Å². The molecule has 0 bridgehead atoms. The number of hydrogen-bond donors (Lipinski definition) is 0. The first-order valence-corrected chi connectivity index (χ1v) is 8.83. The Bertz CT molecular complexity index is 567. The Morgan fingerprint density at radius 1 is 0.870 bits per heavy atom. The Morgan fingerprint density at radius 2 is 1.43 bits per heavy atom. The summed E-state index contributed by atoms with van der Waals surface area (Å²) in [5.74, 6) is 1.26. The smallest absolute Gasteiger partial charge is 0.261 e. The number of nitrogens with zero attached hydrogens (tertiary/aromatic N) is 2. The van der Waals surface area contributed by atoms with Crippen LogP contribution in [0.3, 0.4) is 0 Å². The van der Waals surface area contributed by atoms with Crippen molar-refractivity contribution >= 4 is 11.9 Å². The highest BCUT2D eigenvalue weighted by Crippen LogP contribution is 2.13. The van der Waals surface area contributed by atoms with Gasteiger partial charge in [0.2, 0.25) is 0 Å². The minimum atomic E-state index is 1.11. The lowest BCUT2D eigenvalue weighted by atomic mass is 10.2. The van der Waals surface area contributed by atoms with Crippen LogP contribution < -0.4 is 4.57 Å². The summed E-state index contributed by atoms with van der Waals surface area (Å²) in [6.45, 7) is 6.73. The van der Waals surface area contributed by atoms with E-state index < -0.39 is 0 Å². The zero-order valence-corrected chi connectivity index (χ0v) is 14.5. The molecule has 0 atom stereocenters. The molecule has 1 heterocycles. The third-order valence-corrected chi connectivity index (χ3v) is 3.96. The van der Waals surface area contributed by atoms with Crippen molar-refractivity contribution in [3.8, 4) is 0 Å². The van der Waals surface area contributed by atoms with E-state index in [1.807, 2.05) is 0 Å². The van der Waals surface area contributed by atoms with Gasteiger partial charge in [-0.05, 0) is 30.5 Å². The van der Waals surface area contributed by atoms with Crippen LogP contribution in [0.5, 0.6) is 0 Å². The molecule has 0 saturated carbocycles. The maximum Gasteiger partial charge on any atom is 0.281 e. The fraction of sp³-hybridized carbons (Fsp3) is 0.381. The van der Waals surface area contributed by atoms with Crippen LogP contribution in [-0.2, 0) is 0 Å². The summed E-state index contributed by atoms with van der Waals surface area (Å²) in [5.41, 5.74) is 1.25. The van der Waals surface area contributed by atoms with Crippen LogP contribution >= 0.6 is 0 Å². The molecule has 1 aromatic carbocycles. The van der Waals surface area contributed by atoms with Gasteiger partial charge in [0.15, 0.2) is 0 Å². The number of hydrogen-bond acceptors (Lipinski definition) is 1. The molecule has 0 aliphatic rings. The molecule has 2 heteroatoms. The third kappa shape index (κ3) is 5.55. The molecule has 2 aromatic rings. The van der Waals surface area contributed by atoms with E-state index in [-0.39, 0.29) is 0 Å². The molecule has 0 aliphatic carbocycles. The van der Waals surface area contributed by atoms with Crippen molar-refractivity contribution in [3.05, 3.63) is 66.5 Å². The van der Waals surface area contributed by atoms with Gasteiger partial charge in [-0.25, -0.2) is 4.57 Å². The van der Waals surface area contributed by atoms with Crippen LogP contribution in [0.2, 0.25) is 0 Å². The molecule has 0 unspecified atom stereocenters. The van der Waals surface area contributed by atoms with Gasteiger partial charge in [-0.2, -0.15) is 0 Å². The topological polar surface area (TPSA) is 7.12 Å². The number of unbranched alkanes of at least 4 members (excludes halogenated alkanes) is 2. The molecule has 0 N–H and O–H groups in total. The molecule has 0 amide bonds. The largest absolute Gasteiger partial charge is 0.281 e. The van der Waals surface area contributed by atoms with Crippen molar-refractivity contribution in [2.45, 2.75) is 39.5 Å².